The number of carbonyl (C=O) groups excluding carboxylic acids is 2. The normalized spacial score (nSPS) is 23.2. The molecule has 3 N–H and O–H groups in total. The molecule has 0 saturated carbocycles. The van der Waals surface area contributed by atoms with Gasteiger partial charge in [0.2, 0.25) is 11.8 Å². The third-order valence-corrected chi connectivity index (χ3v) is 5.06. The molecular weight excluding hydrogens is 354 g/mol. The summed E-state index contributed by atoms with van der Waals surface area (Å²) in [6.45, 7) is 3.15. The van der Waals surface area contributed by atoms with Crippen molar-refractivity contribution < 1.29 is 18.4 Å². The molecule has 0 aromatic heterocycles. The molecule has 2 fully saturated rings. The van der Waals surface area contributed by atoms with Crippen molar-refractivity contribution in [1.82, 2.24) is 15.5 Å². The Kier molecular flexibility index (Phi) is 6.73. The van der Waals surface area contributed by atoms with Gasteiger partial charge in [0.25, 0.3) is 0 Å². The Balaban J connectivity index is 1.43. The molecule has 27 heavy (non-hydrogen) atoms. The highest BCUT2D eigenvalue weighted by Crippen LogP contribution is 2.17. The smallest absolute Gasteiger partial charge is 0.238 e. The topological polar surface area (TPSA) is 73.5 Å². The van der Waals surface area contributed by atoms with Crippen LogP contribution in [0.5, 0.6) is 0 Å². The first-order valence-electron chi connectivity index (χ1n) is 9.49. The van der Waals surface area contributed by atoms with Crippen LogP contribution in [0.25, 0.3) is 0 Å². The number of hydrogen-bond acceptors (Lipinski definition) is 4. The van der Waals surface area contributed by atoms with Gasteiger partial charge < -0.3 is 16.0 Å². The number of nitrogens with one attached hydrogen (secondary N) is 3. The van der Waals surface area contributed by atoms with Gasteiger partial charge in [-0.1, -0.05) is 0 Å². The van der Waals surface area contributed by atoms with Gasteiger partial charge in [0.15, 0.2) is 0 Å². The molecule has 1 aromatic rings. The molecule has 148 valence electrons. The van der Waals surface area contributed by atoms with Crippen LogP contribution in [0, 0.1) is 17.6 Å². The molecule has 2 unspecified atom stereocenters. The molecule has 1 aromatic carbocycles. The second-order valence-corrected chi connectivity index (χ2v) is 7.34. The largest absolute Gasteiger partial charge is 0.354 e. The van der Waals surface area contributed by atoms with E-state index < -0.39 is 11.6 Å². The zero-order chi connectivity index (χ0) is 19.2. The Morgan fingerprint density at radius 3 is 2.63 bits per heavy atom. The summed E-state index contributed by atoms with van der Waals surface area (Å²) in [6, 6.07) is 2.86. The molecule has 8 heteroatoms. The Morgan fingerprint density at radius 1 is 1.15 bits per heavy atom. The SMILES string of the molecule is O=C(CN1CCCC(CNC(=O)C2CCCN2)C1)Nc1cc(F)cc(F)c1. The van der Waals surface area contributed by atoms with E-state index in [0.717, 1.165) is 57.0 Å². The van der Waals surface area contributed by atoms with Crippen LogP contribution in [0.15, 0.2) is 18.2 Å². The standard InChI is InChI=1S/C19H26F2N4O2/c20-14-7-15(21)9-16(8-14)24-18(26)12-25-6-2-3-13(11-25)10-23-19(27)17-4-1-5-22-17/h7-9,13,17,22H,1-6,10-12H2,(H,23,27)(H,24,26). The van der Waals surface area contributed by atoms with E-state index in [1.54, 1.807) is 0 Å². The lowest BCUT2D eigenvalue weighted by molar-refractivity contribution is -0.123. The molecule has 2 heterocycles. The molecule has 0 bridgehead atoms. The number of amides is 2. The Labute approximate surface area is 157 Å². The van der Waals surface area contributed by atoms with E-state index in [1.165, 1.54) is 0 Å². The summed E-state index contributed by atoms with van der Waals surface area (Å²) in [5.41, 5.74) is 0.113. The molecule has 3 rings (SSSR count). The van der Waals surface area contributed by atoms with Gasteiger partial charge in [-0.05, 0) is 56.8 Å². The van der Waals surface area contributed by atoms with Gasteiger partial charge in [0, 0.05) is 24.8 Å². The average Bonchev–Trinajstić information content (AvgIpc) is 3.13. The number of halogens is 2. The molecule has 0 aliphatic carbocycles. The quantitative estimate of drug-likeness (QED) is 0.699. The maximum absolute atomic E-state index is 13.2. The summed E-state index contributed by atoms with van der Waals surface area (Å²) in [7, 11) is 0. The number of likely N-dealkylation sites (tertiary alicyclic amines) is 1. The zero-order valence-corrected chi connectivity index (χ0v) is 15.3. The predicted octanol–water partition coefficient (Wildman–Crippen LogP) is 1.48. The first kappa shape index (κ1) is 19.7. The van der Waals surface area contributed by atoms with E-state index in [1.807, 2.05) is 4.90 Å². The fourth-order valence-corrected chi connectivity index (χ4v) is 3.77. The van der Waals surface area contributed by atoms with Crippen LogP contribution in [0.4, 0.5) is 14.5 Å². The predicted molar refractivity (Wildman–Crippen MR) is 98.2 cm³/mol. The lowest BCUT2D eigenvalue weighted by atomic mass is 9.98. The van der Waals surface area contributed by atoms with Gasteiger partial charge in [0.1, 0.15) is 11.6 Å². The Bertz CT molecular complexity index is 659. The molecule has 0 spiro atoms. The van der Waals surface area contributed by atoms with Crippen molar-refractivity contribution in [2.75, 3.05) is 38.0 Å². The molecule has 6 nitrogen and oxygen atoms in total. The average molecular weight is 380 g/mol. The maximum Gasteiger partial charge on any atom is 0.238 e. The highest BCUT2D eigenvalue weighted by Gasteiger charge is 2.25. The van der Waals surface area contributed by atoms with Crippen molar-refractivity contribution >= 4 is 17.5 Å². The monoisotopic (exact) mass is 380 g/mol. The highest BCUT2D eigenvalue weighted by molar-refractivity contribution is 5.92. The lowest BCUT2D eigenvalue weighted by Gasteiger charge is -2.32. The molecule has 2 saturated heterocycles. The van der Waals surface area contributed by atoms with Crippen molar-refractivity contribution in [2.24, 2.45) is 5.92 Å². The van der Waals surface area contributed by atoms with E-state index in [-0.39, 0.29) is 30.1 Å². The zero-order valence-electron chi connectivity index (χ0n) is 15.3. The van der Waals surface area contributed by atoms with E-state index >= 15 is 0 Å². The fraction of sp³-hybridized carbons (Fsp3) is 0.579. The van der Waals surface area contributed by atoms with Crippen molar-refractivity contribution in [3.05, 3.63) is 29.8 Å². The number of rotatable bonds is 6. The minimum absolute atomic E-state index is 0.0514. The minimum atomic E-state index is -0.726. The summed E-state index contributed by atoms with van der Waals surface area (Å²) < 4.78 is 26.4. The Morgan fingerprint density at radius 2 is 1.93 bits per heavy atom. The van der Waals surface area contributed by atoms with Crippen LogP contribution in [0.1, 0.15) is 25.7 Å². The molecular formula is C19H26F2N4O2. The van der Waals surface area contributed by atoms with Crippen molar-refractivity contribution in [3.8, 4) is 0 Å². The van der Waals surface area contributed by atoms with Gasteiger partial charge in [-0.15, -0.1) is 0 Å². The van der Waals surface area contributed by atoms with Crippen molar-refractivity contribution in [2.45, 2.75) is 31.7 Å². The number of carbonyl (C=O) groups is 2. The second kappa shape index (κ2) is 9.23. The lowest BCUT2D eigenvalue weighted by Crippen LogP contribution is -2.46. The van der Waals surface area contributed by atoms with Gasteiger partial charge >= 0.3 is 0 Å². The van der Waals surface area contributed by atoms with Crippen LogP contribution in [-0.4, -0.2) is 55.5 Å². The number of piperidine rings is 1. The first-order chi connectivity index (χ1) is 13.0. The third-order valence-electron chi connectivity index (χ3n) is 5.06. The highest BCUT2D eigenvalue weighted by atomic mass is 19.1. The van der Waals surface area contributed by atoms with Gasteiger partial charge in [-0.25, -0.2) is 8.78 Å². The molecule has 2 amide bonds. The molecule has 2 aliphatic heterocycles. The summed E-state index contributed by atoms with van der Waals surface area (Å²) in [5, 5.41) is 8.72. The number of hydrogen-bond donors (Lipinski definition) is 3. The van der Waals surface area contributed by atoms with E-state index in [2.05, 4.69) is 16.0 Å². The number of anilines is 1. The fourth-order valence-electron chi connectivity index (χ4n) is 3.77. The van der Waals surface area contributed by atoms with E-state index in [4.69, 9.17) is 0 Å². The summed E-state index contributed by atoms with van der Waals surface area (Å²) in [6.07, 6.45) is 3.86. The Hall–Kier alpha value is -2.06. The van der Waals surface area contributed by atoms with E-state index in [9.17, 15) is 18.4 Å². The van der Waals surface area contributed by atoms with E-state index in [0.29, 0.717) is 19.0 Å². The number of nitrogens with zero attached hydrogens (tertiary/aromatic N) is 1. The van der Waals surface area contributed by atoms with Crippen LogP contribution in [-0.2, 0) is 9.59 Å². The van der Waals surface area contributed by atoms with Gasteiger partial charge in [-0.2, -0.15) is 0 Å². The third kappa shape index (κ3) is 5.97. The van der Waals surface area contributed by atoms with Gasteiger partial charge in [-0.3, -0.25) is 14.5 Å². The van der Waals surface area contributed by atoms with Crippen molar-refractivity contribution in [3.63, 3.8) is 0 Å². The molecule has 2 atom stereocenters. The molecule has 0 radical (unpaired) electrons. The molecule has 2 aliphatic rings. The van der Waals surface area contributed by atoms with Crippen LogP contribution >= 0.6 is 0 Å². The summed E-state index contributed by atoms with van der Waals surface area (Å²) in [5.74, 6) is -1.41. The minimum Gasteiger partial charge on any atom is -0.354 e. The number of benzene rings is 1. The van der Waals surface area contributed by atoms with Crippen LogP contribution < -0.4 is 16.0 Å². The maximum atomic E-state index is 13.2. The van der Waals surface area contributed by atoms with Crippen LogP contribution in [0.2, 0.25) is 0 Å². The van der Waals surface area contributed by atoms with Gasteiger partial charge in [0.05, 0.1) is 12.6 Å². The summed E-state index contributed by atoms with van der Waals surface area (Å²) in [4.78, 5) is 26.3. The van der Waals surface area contributed by atoms with Crippen molar-refractivity contribution in [1.29, 1.82) is 0 Å². The van der Waals surface area contributed by atoms with Crippen LogP contribution in [0.3, 0.4) is 0 Å². The first-order valence-corrected chi connectivity index (χ1v) is 9.49. The summed E-state index contributed by atoms with van der Waals surface area (Å²) >= 11 is 0. The second-order valence-electron chi connectivity index (χ2n) is 7.34.